The van der Waals surface area contributed by atoms with E-state index in [2.05, 4.69) is 10.3 Å². The molecule has 1 aromatic rings. The Bertz CT molecular complexity index is 520. The Hall–Kier alpha value is -2.04. The van der Waals surface area contributed by atoms with E-state index in [0.717, 1.165) is 24.2 Å². The molecule has 0 spiro atoms. The summed E-state index contributed by atoms with van der Waals surface area (Å²) in [6.07, 6.45) is 4.64. The normalized spacial score (nSPS) is 20.3. The van der Waals surface area contributed by atoms with Crippen LogP contribution >= 0.6 is 0 Å². The Morgan fingerprint density at radius 2 is 2.05 bits per heavy atom. The molecule has 3 rings (SSSR count). The molecule has 0 saturated heterocycles. The van der Waals surface area contributed by atoms with Crippen LogP contribution < -0.4 is 16.0 Å². The molecular weight excluding hydrogens is 240 g/mol. The number of rotatable bonds is 1. The molecule has 100 valence electrons. The number of amides is 1. The predicted molar refractivity (Wildman–Crippen MR) is 76.3 cm³/mol. The van der Waals surface area contributed by atoms with Gasteiger partial charge in [0.05, 0.1) is 17.4 Å². The molecular formula is C14H18N4O. The van der Waals surface area contributed by atoms with Crippen LogP contribution in [0.4, 0.5) is 11.4 Å². The van der Waals surface area contributed by atoms with E-state index in [4.69, 9.17) is 5.73 Å². The minimum absolute atomic E-state index is 0.0525. The molecule has 19 heavy (non-hydrogen) atoms. The van der Waals surface area contributed by atoms with E-state index in [1.165, 1.54) is 12.8 Å². The fourth-order valence-corrected chi connectivity index (χ4v) is 2.73. The van der Waals surface area contributed by atoms with Crippen molar-refractivity contribution >= 4 is 23.2 Å². The average Bonchev–Trinajstić information content (AvgIpc) is 2.90. The third-order valence-corrected chi connectivity index (χ3v) is 3.69. The smallest absolute Gasteiger partial charge is 0.244 e. The Kier molecular flexibility index (Phi) is 3.11. The number of nitrogens with one attached hydrogen (secondary N) is 1. The standard InChI is InChI=1S/C14H18N4O/c15-14(16-10-5-1-2-6-10)18-9-13(19)17-11-7-3-4-8-12(11)18/h3-4,7-8,10H,1-2,5-6,9H2,(H2,15,16)(H,17,19). The van der Waals surface area contributed by atoms with E-state index < -0.39 is 0 Å². The van der Waals surface area contributed by atoms with Crippen molar-refractivity contribution in [2.24, 2.45) is 10.7 Å². The van der Waals surface area contributed by atoms with Gasteiger partial charge in [-0.3, -0.25) is 4.79 Å². The second kappa shape index (κ2) is 4.91. The molecule has 1 aliphatic carbocycles. The van der Waals surface area contributed by atoms with E-state index in [1.807, 2.05) is 24.3 Å². The van der Waals surface area contributed by atoms with Gasteiger partial charge in [-0.2, -0.15) is 0 Å². The van der Waals surface area contributed by atoms with Gasteiger partial charge in [-0.1, -0.05) is 25.0 Å². The molecule has 1 aromatic carbocycles. The van der Waals surface area contributed by atoms with Crippen molar-refractivity contribution in [1.29, 1.82) is 0 Å². The van der Waals surface area contributed by atoms with Crippen molar-refractivity contribution in [3.8, 4) is 0 Å². The number of nitrogens with two attached hydrogens (primary N) is 1. The summed E-state index contributed by atoms with van der Waals surface area (Å²) in [5.41, 5.74) is 7.81. The van der Waals surface area contributed by atoms with Gasteiger partial charge < -0.3 is 16.0 Å². The highest BCUT2D eigenvalue weighted by atomic mass is 16.2. The summed E-state index contributed by atoms with van der Waals surface area (Å²) in [4.78, 5) is 18.1. The highest BCUT2D eigenvalue weighted by Crippen LogP contribution is 2.29. The molecule has 1 saturated carbocycles. The number of hydrogen-bond donors (Lipinski definition) is 2. The lowest BCUT2D eigenvalue weighted by molar-refractivity contribution is -0.115. The topological polar surface area (TPSA) is 70.7 Å². The monoisotopic (exact) mass is 258 g/mol. The van der Waals surface area contributed by atoms with Gasteiger partial charge in [-0.25, -0.2) is 4.99 Å². The van der Waals surface area contributed by atoms with Crippen LogP contribution in [0.3, 0.4) is 0 Å². The number of aliphatic imine (C=N–C) groups is 1. The third kappa shape index (κ3) is 2.41. The molecule has 2 aliphatic rings. The summed E-state index contributed by atoms with van der Waals surface area (Å²) in [6, 6.07) is 7.98. The minimum Gasteiger partial charge on any atom is -0.369 e. The van der Waals surface area contributed by atoms with Gasteiger partial charge in [0.1, 0.15) is 6.54 Å². The van der Waals surface area contributed by atoms with Crippen molar-refractivity contribution in [2.75, 3.05) is 16.8 Å². The number of hydrogen-bond acceptors (Lipinski definition) is 2. The SMILES string of the molecule is NC(=NC1CCCC1)N1CC(=O)Nc2ccccc21. The number of anilines is 2. The van der Waals surface area contributed by atoms with Gasteiger partial charge in [0, 0.05) is 0 Å². The number of guanidine groups is 1. The molecule has 0 unspecified atom stereocenters. The van der Waals surface area contributed by atoms with Crippen LogP contribution in [0.25, 0.3) is 0 Å². The van der Waals surface area contributed by atoms with Crippen molar-refractivity contribution in [3.63, 3.8) is 0 Å². The molecule has 3 N–H and O–H groups in total. The van der Waals surface area contributed by atoms with Crippen LogP contribution in [0.5, 0.6) is 0 Å². The van der Waals surface area contributed by atoms with Crippen molar-refractivity contribution in [2.45, 2.75) is 31.7 Å². The number of para-hydroxylation sites is 2. The summed E-state index contributed by atoms with van der Waals surface area (Å²) in [5.74, 6) is 0.400. The van der Waals surface area contributed by atoms with Crippen LogP contribution in [-0.2, 0) is 4.79 Å². The van der Waals surface area contributed by atoms with Crippen LogP contribution in [0.15, 0.2) is 29.3 Å². The maximum Gasteiger partial charge on any atom is 0.244 e. The lowest BCUT2D eigenvalue weighted by Crippen LogP contribution is -2.46. The van der Waals surface area contributed by atoms with E-state index in [1.54, 1.807) is 4.90 Å². The van der Waals surface area contributed by atoms with E-state index >= 15 is 0 Å². The Morgan fingerprint density at radius 3 is 2.84 bits per heavy atom. The first-order valence-corrected chi connectivity index (χ1v) is 6.74. The van der Waals surface area contributed by atoms with Gasteiger partial charge >= 0.3 is 0 Å². The number of carbonyl (C=O) groups excluding carboxylic acids is 1. The molecule has 5 nitrogen and oxygen atoms in total. The van der Waals surface area contributed by atoms with Crippen molar-refractivity contribution in [1.82, 2.24) is 0 Å². The highest BCUT2D eigenvalue weighted by molar-refractivity contribution is 6.10. The van der Waals surface area contributed by atoms with Gasteiger partial charge in [0.2, 0.25) is 5.91 Å². The molecule has 0 bridgehead atoms. The Morgan fingerprint density at radius 1 is 1.32 bits per heavy atom. The Balaban J connectivity index is 1.89. The van der Waals surface area contributed by atoms with Gasteiger partial charge in [-0.15, -0.1) is 0 Å². The lowest BCUT2D eigenvalue weighted by Gasteiger charge is -2.30. The molecule has 0 radical (unpaired) electrons. The summed E-state index contributed by atoms with van der Waals surface area (Å²) in [6.45, 7) is 0.235. The third-order valence-electron chi connectivity index (χ3n) is 3.69. The quantitative estimate of drug-likeness (QED) is 0.595. The zero-order valence-electron chi connectivity index (χ0n) is 10.8. The fourth-order valence-electron chi connectivity index (χ4n) is 2.73. The van der Waals surface area contributed by atoms with Gasteiger partial charge in [-0.05, 0) is 25.0 Å². The Labute approximate surface area is 112 Å². The van der Waals surface area contributed by atoms with Crippen LogP contribution in [0.1, 0.15) is 25.7 Å². The second-order valence-electron chi connectivity index (χ2n) is 5.08. The van der Waals surface area contributed by atoms with Crippen LogP contribution in [0, 0.1) is 0 Å². The summed E-state index contributed by atoms with van der Waals surface area (Å²) >= 11 is 0. The summed E-state index contributed by atoms with van der Waals surface area (Å²) in [5, 5.41) is 2.85. The minimum atomic E-state index is -0.0525. The molecule has 5 heteroatoms. The van der Waals surface area contributed by atoms with E-state index in [9.17, 15) is 4.79 Å². The number of nitrogens with zero attached hydrogens (tertiary/aromatic N) is 2. The van der Waals surface area contributed by atoms with Gasteiger partial charge in [0.15, 0.2) is 5.96 Å². The first kappa shape index (κ1) is 12.0. The molecule has 0 atom stereocenters. The molecule has 1 fully saturated rings. The molecule has 1 amide bonds. The highest BCUT2D eigenvalue weighted by Gasteiger charge is 2.25. The van der Waals surface area contributed by atoms with Crippen molar-refractivity contribution in [3.05, 3.63) is 24.3 Å². The molecule has 1 heterocycles. The van der Waals surface area contributed by atoms with Gasteiger partial charge in [0.25, 0.3) is 0 Å². The first-order chi connectivity index (χ1) is 9.24. The maximum atomic E-state index is 11.7. The van der Waals surface area contributed by atoms with Crippen LogP contribution in [-0.4, -0.2) is 24.5 Å². The zero-order chi connectivity index (χ0) is 13.2. The fraction of sp³-hybridized carbons (Fsp3) is 0.429. The summed E-state index contributed by atoms with van der Waals surface area (Å²) in [7, 11) is 0. The number of fused-ring (bicyclic) bond motifs is 1. The van der Waals surface area contributed by atoms with Crippen LogP contribution in [0.2, 0.25) is 0 Å². The number of carbonyl (C=O) groups is 1. The predicted octanol–water partition coefficient (Wildman–Crippen LogP) is 1.70. The van der Waals surface area contributed by atoms with E-state index in [0.29, 0.717) is 12.0 Å². The zero-order valence-corrected chi connectivity index (χ0v) is 10.8. The largest absolute Gasteiger partial charge is 0.369 e. The van der Waals surface area contributed by atoms with Crippen molar-refractivity contribution < 1.29 is 4.79 Å². The molecule has 1 aliphatic heterocycles. The summed E-state index contributed by atoms with van der Waals surface area (Å²) < 4.78 is 0. The first-order valence-electron chi connectivity index (χ1n) is 6.74. The average molecular weight is 258 g/mol. The molecule has 0 aromatic heterocycles. The van der Waals surface area contributed by atoms with E-state index in [-0.39, 0.29) is 12.5 Å². The second-order valence-corrected chi connectivity index (χ2v) is 5.08. The number of benzene rings is 1. The maximum absolute atomic E-state index is 11.7. The lowest BCUT2D eigenvalue weighted by atomic mass is 10.2.